The van der Waals surface area contributed by atoms with Crippen LogP contribution in [-0.2, 0) is 0 Å². The monoisotopic (exact) mass is 367 g/mol. The second kappa shape index (κ2) is 7.31. The van der Waals surface area contributed by atoms with Crippen LogP contribution in [0.5, 0.6) is 5.75 Å². The van der Waals surface area contributed by atoms with Gasteiger partial charge in [-0.05, 0) is 50.1 Å². The first-order chi connectivity index (χ1) is 12.7. The Morgan fingerprint density at radius 1 is 1.23 bits per heavy atom. The number of aliphatic imine (C=N–C) groups is 1. The van der Waals surface area contributed by atoms with Crippen molar-refractivity contribution in [3.63, 3.8) is 0 Å². The van der Waals surface area contributed by atoms with Crippen molar-refractivity contribution in [2.75, 3.05) is 5.75 Å². The second-order valence-corrected chi connectivity index (χ2v) is 8.06. The highest BCUT2D eigenvalue weighted by Gasteiger charge is 2.45. The van der Waals surface area contributed by atoms with Crippen LogP contribution in [0.2, 0.25) is 0 Å². The molecule has 0 unspecified atom stereocenters. The number of ether oxygens (including phenoxy) is 1. The molecule has 2 aliphatic heterocycles. The minimum atomic E-state index is 0.0300. The highest BCUT2D eigenvalue weighted by Crippen LogP contribution is 2.48. The van der Waals surface area contributed by atoms with E-state index < -0.39 is 0 Å². The van der Waals surface area contributed by atoms with E-state index in [1.165, 1.54) is 5.56 Å². The lowest BCUT2D eigenvalue weighted by Gasteiger charge is -2.32. The highest BCUT2D eigenvalue weighted by molar-refractivity contribution is 8.14. The number of benzene rings is 1. The number of hydrogen-bond acceptors (Lipinski definition) is 5. The average Bonchev–Trinajstić information content (AvgIpc) is 3.21. The molecule has 3 atom stereocenters. The van der Waals surface area contributed by atoms with E-state index in [0.29, 0.717) is 6.04 Å². The molecule has 0 N–H and O–H groups in total. The summed E-state index contributed by atoms with van der Waals surface area (Å²) in [6.45, 7) is 6.38. The molecule has 0 spiro atoms. The van der Waals surface area contributed by atoms with Crippen LogP contribution in [-0.4, -0.2) is 33.0 Å². The smallest absolute Gasteiger partial charge is 0.160 e. The molecule has 2 aliphatic rings. The van der Waals surface area contributed by atoms with Gasteiger partial charge in [0.1, 0.15) is 11.8 Å². The summed E-state index contributed by atoms with van der Waals surface area (Å²) in [5.74, 6) is 2.04. The van der Waals surface area contributed by atoms with Crippen LogP contribution >= 0.6 is 11.8 Å². The molecule has 1 saturated heterocycles. The van der Waals surface area contributed by atoms with Gasteiger partial charge in [0, 0.05) is 18.0 Å². The van der Waals surface area contributed by atoms with Gasteiger partial charge in [0.15, 0.2) is 5.17 Å². The summed E-state index contributed by atoms with van der Waals surface area (Å²) in [6, 6.07) is 15.3. The zero-order chi connectivity index (χ0) is 18.1. The van der Waals surface area contributed by atoms with Crippen molar-refractivity contribution in [1.82, 2.24) is 9.88 Å². The first-order valence-corrected chi connectivity index (χ1v) is 10.3. The molecule has 4 rings (SSSR count). The molecule has 136 valence electrons. The van der Waals surface area contributed by atoms with E-state index in [1.54, 1.807) is 0 Å². The zero-order valence-electron chi connectivity index (χ0n) is 15.5. The molecule has 0 aliphatic carbocycles. The Hall–Kier alpha value is -2.01. The second-order valence-electron chi connectivity index (χ2n) is 7.08. The molecular weight excluding hydrogens is 342 g/mol. The maximum atomic E-state index is 5.94. The summed E-state index contributed by atoms with van der Waals surface area (Å²) in [5, 5.41) is 1.16. The third kappa shape index (κ3) is 3.20. The topological polar surface area (TPSA) is 37.7 Å². The molecule has 1 aromatic carbocycles. The Labute approximate surface area is 159 Å². The van der Waals surface area contributed by atoms with E-state index in [-0.39, 0.29) is 18.2 Å². The molecule has 2 aromatic rings. The van der Waals surface area contributed by atoms with Gasteiger partial charge >= 0.3 is 0 Å². The Kier molecular flexibility index (Phi) is 4.90. The van der Waals surface area contributed by atoms with Crippen molar-refractivity contribution in [1.29, 1.82) is 0 Å². The van der Waals surface area contributed by atoms with Crippen LogP contribution in [0.3, 0.4) is 0 Å². The summed E-state index contributed by atoms with van der Waals surface area (Å²) in [7, 11) is 0. The van der Waals surface area contributed by atoms with Crippen molar-refractivity contribution in [2.45, 2.75) is 51.4 Å². The van der Waals surface area contributed by atoms with Crippen molar-refractivity contribution >= 4 is 16.9 Å². The Morgan fingerprint density at radius 3 is 2.85 bits per heavy atom. The summed E-state index contributed by atoms with van der Waals surface area (Å²) in [6.07, 6.45) is 3.15. The third-order valence-corrected chi connectivity index (χ3v) is 6.03. The zero-order valence-corrected chi connectivity index (χ0v) is 16.3. The summed E-state index contributed by atoms with van der Waals surface area (Å²) >= 11 is 1.87. The number of aromatic nitrogens is 1. The van der Waals surface area contributed by atoms with Crippen LogP contribution in [0.4, 0.5) is 0 Å². The minimum absolute atomic E-state index is 0.0300. The number of hydrogen-bond donors (Lipinski definition) is 0. The molecular formula is C21H25N3OS. The van der Waals surface area contributed by atoms with Crippen LogP contribution < -0.4 is 4.74 Å². The van der Waals surface area contributed by atoms with Crippen LogP contribution in [0, 0.1) is 0 Å². The first-order valence-electron chi connectivity index (χ1n) is 9.34. The highest BCUT2D eigenvalue weighted by atomic mass is 32.2. The SMILES string of the molecule is CC[C@@H]1CSC2=N[C@H](c3ccccn3)[C@@H](c3cccc(OC(C)C)c3)N21. The van der Waals surface area contributed by atoms with Crippen molar-refractivity contribution in [2.24, 2.45) is 4.99 Å². The van der Waals surface area contributed by atoms with Gasteiger partial charge in [-0.3, -0.25) is 9.98 Å². The summed E-state index contributed by atoms with van der Waals surface area (Å²) < 4.78 is 5.94. The lowest BCUT2D eigenvalue weighted by molar-refractivity contribution is 0.237. The van der Waals surface area contributed by atoms with E-state index in [9.17, 15) is 0 Å². The van der Waals surface area contributed by atoms with Gasteiger partial charge in [-0.2, -0.15) is 0 Å². The van der Waals surface area contributed by atoms with Crippen LogP contribution in [0.15, 0.2) is 53.7 Å². The minimum Gasteiger partial charge on any atom is -0.491 e. The van der Waals surface area contributed by atoms with Crippen molar-refractivity contribution < 1.29 is 4.74 Å². The molecule has 26 heavy (non-hydrogen) atoms. The number of nitrogens with zero attached hydrogens (tertiary/aromatic N) is 3. The molecule has 0 radical (unpaired) electrons. The fourth-order valence-electron chi connectivity index (χ4n) is 3.75. The first kappa shape index (κ1) is 17.4. The predicted octanol–water partition coefficient (Wildman–Crippen LogP) is 4.85. The van der Waals surface area contributed by atoms with E-state index in [2.05, 4.69) is 54.9 Å². The molecule has 3 heterocycles. The third-order valence-electron chi connectivity index (χ3n) is 4.90. The standard InChI is InChI=1S/C21H25N3OS/c1-4-16-13-26-21-23-19(18-10-5-6-11-22-18)20(24(16)21)15-8-7-9-17(12-15)25-14(2)3/h5-12,14,16,19-20H,4,13H2,1-3H3/t16-,19-,20-/m1/s1. The maximum absolute atomic E-state index is 5.94. The molecule has 1 fully saturated rings. The van der Waals surface area contributed by atoms with Gasteiger partial charge in [0.05, 0.1) is 17.8 Å². The van der Waals surface area contributed by atoms with E-state index in [4.69, 9.17) is 9.73 Å². The Balaban J connectivity index is 1.75. The fourth-order valence-corrected chi connectivity index (χ4v) is 5.09. The molecule has 4 nitrogen and oxygen atoms in total. The molecule has 0 bridgehead atoms. The number of amidine groups is 1. The number of thioether (sulfide) groups is 1. The summed E-state index contributed by atoms with van der Waals surface area (Å²) in [5.41, 5.74) is 2.28. The quantitative estimate of drug-likeness (QED) is 0.757. The lowest BCUT2D eigenvalue weighted by Crippen LogP contribution is -2.35. The predicted molar refractivity (Wildman–Crippen MR) is 108 cm³/mol. The lowest BCUT2D eigenvalue weighted by atomic mass is 9.95. The number of pyridine rings is 1. The number of fused-ring (bicyclic) bond motifs is 1. The fraction of sp³-hybridized carbons (Fsp3) is 0.429. The van der Waals surface area contributed by atoms with Gasteiger partial charge in [0.25, 0.3) is 0 Å². The van der Waals surface area contributed by atoms with Gasteiger partial charge in [0.2, 0.25) is 0 Å². The van der Waals surface area contributed by atoms with Crippen molar-refractivity contribution in [3.05, 3.63) is 59.9 Å². The average molecular weight is 368 g/mol. The largest absolute Gasteiger partial charge is 0.491 e. The Bertz CT molecular complexity index is 793. The van der Waals surface area contributed by atoms with E-state index >= 15 is 0 Å². The van der Waals surface area contributed by atoms with E-state index in [0.717, 1.165) is 28.8 Å². The van der Waals surface area contributed by atoms with E-state index in [1.807, 2.05) is 36.2 Å². The summed E-state index contributed by atoms with van der Waals surface area (Å²) in [4.78, 5) is 12.2. The van der Waals surface area contributed by atoms with Crippen LogP contribution in [0.1, 0.15) is 50.5 Å². The number of rotatable bonds is 5. The van der Waals surface area contributed by atoms with Crippen LogP contribution in [0.25, 0.3) is 0 Å². The normalized spacial score (nSPS) is 24.7. The van der Waals surface area contributed by atoms with Gasteiger partial charge in [-0.25, -0.2) is 0 Å². The Morgan fingerprint density at radius 2 is 2.12 bits per heavy atom. The van der Waals surface area contributed by atoms with Crippen molar-refractivity contribution in [3.8, 4) is 5.75 Å². The van der Waals surface area contributed by atoms with Gasteiger partial charge in [-0.15, -0.1) is 0 Å². The maximum Gasteiger partial charge on any atom is 0.160 e. The van der Waals surface area contributed by atoms with Gasteiger partial charge in [-0.1, -0.05) is 36.9 Å². The van der Waals surface area contributed by atoms with Gasteiger partial charge < -0.3 is 9.64 Å². The molecule has 0 saturated carbocycles. The molecule has 0 amide bonds. The molecule has 5 heteroatoms. The molecule has 1 aromatic heterocycles.